The second kappa shape index (κ2) is 12.9. The fourth-order valence-electron chi connectivity index (χ4n) is 4.04. The van der Waals surface area contributed by atoms with Gasteiger partial charge in [0.2, 0.25) is 0 Å². The van der Waals surface area contributed by atoms with Gasteiger partial charge < -0.3 is 9.47 Å². The van der Waals surface area contributed by atoms with Gasteiger partial charge in [-0.15, -0.1) is 0 Å². The summed E-state index contributed by atoms with van der Waals surface area (Å²) in [4.78, 5) is 49.9. The van der Waals surface area contributed by atoms with Crippen molar-refractivity contribution < 1.29 is 28.7 Å². The summed E-state index contributed by atoms with van der Waals surface area (Å²) in [5.41, 5.74) is 2.81. The van der Waals surface area contributed by atoms with Crippen molar-refractivity contribution in [2.45, 2.75) is 0 Å². The van der Waals surface area contributed by atoms with Crippen molar-refractivity contribution >= 4 is 35.1 Å². The van der Waals surface area contributed by atoms with Gasteiger partial charge in [0.15, 0.2) is 11.6 Å². The number of carbonyl (C=O) groups excluding carboxylic acids is 4. The summed E-state index contributed by atoms with van der Waals surface area (Å²) in [7, 11) is 0. The van der Waals surface area contributed by atoms with Crippen LogP contribution in [0.4, 0.5) is 21.0 Å². The number of anilines is 2. The average molecular weight is 557 g/mol. The lowest BCUT2D eigenvalue weighted by Crippen LogP contribution is -2.18. The van der Waals surface area contributed by atoms with Gasteiger partial charge in [-0.1, -0.05) is 66.7 Å². The number of ketones is 2. The second-order valence-electron chi connectivity index (χ2n) is 9.05. The monoisotopic (exact) mass is 556 g/mol. The summed E-state index contributed by atoms with van der Waals surface area (Å²) >= 11 is 0. The van der Waals surface area contributed by atoms with E-state index in [2.05, 4.69) is 10.6 Å². The third-order valence-electron chi connectivity index (χ3n) is 6.08. The molecule has 0 saturated carbocycles. The number of rotatable bonds is 8. The lowest BCUT2D eigenvalue weighted by molar-refractivity contribution is 0.103. The van der Waals surface area contributed by atoms with Crippen molar-refractivity contribution in [2.75, 3.05) is 10.6 Å². The Hall–Kier alpha value is -6.02. The molecule has 0 aliphatic rings. The molecule has 2 N–H and O–H groups in total. The Labute approximate surface area is 241 Å². The number of amides is 2. The molecule has 0 spiro atoms. The van der Waals surface area contributed by atoms with Gasteiger partial charge in [-0.3, -0.25) is 20.2 Å². The highest BCUT2D eigenvalue weighted by molar-refractivity contribution is 6.09. The van der Waals surface area contributed by atoms with Crippen molar-refractivity contribution in [3.05, 3.63) is 156 Å². The largest absolute Gasteiger partial charge is 0.417 e. The Morgan fingerprint density at radius 2 is 0.762 bits per heavy atom. The van der Waals surface area contributed by atoms with Crippen molar-refractivity contribution in [2.24, 2.45) is 0 Å². The minimum atomic E-state index is -0.748. The van der Waals surface area contributed by atoms with E-state index >= 15 is 0 Å². The first kappa shape index (κ1) is 27.5. The fourth-order valence-corrected chi connectivity index (χ4v) is 4.04. The molecule has 5 rings (SSSR count). The van der Waals surface area contributed by atoms with Crippen LogP contribution in [0.25, 0.3) is 0 Å². The molecule has 42 heavy (non-hydrogen) atoms. The maximum absolute atomic E-state index is 12.5. The normalized spacial score (nSPS) is 10.3. The SMILES string of the molecule is O=C(Nc1cccc(NC(=O)Oc2ccc(C(=O)c3ccccc3)cc2)c1)Oc1ccc(C(=O)c2ccccc2)cc1. The Kier molecular flexibility index (Phi) is 8.45. The predicted octanol–water partition coefficient (Wildman–Crippen LogP) is 7.37. The number of hydrogen-bond acceptors (Lipinski definition) is 6. The number of benzene rings is 5. The van der Waals surface area contributed by atoms with E-state index in [0.29, 0.717) is 33.6 Å². The Bertz CT molecular complexity index is 1590. The van der Waals surface area contributed by atoms with E-state index in [9.17, 15) is 19.2 Å². The zero-order chi connectivity index (χ0) is 29.3. The van der Waals surface area contributed by atoms with Crippen LogP contribution < -0.4 is 20.1 Å². The van der Waals surface area contributed by atoms with E-state index in [4.69, 9.17) is 9.47 Å². The van der Waals surface area contributed by atoms with Crippen LogP contribution in [0.15, 0.2) is 133 Å². The van der Waals surface area contributed by atoms with E-state index in [1.54, 1.807) is 91.0 Å². The topological polar surface area (TPSA) is 111 Å². The molecular weight excluding hydrogens is 532 g/mol. The molecule has 0 aromatic heterocycles. The summed E-state index contributed by atoms with van der Waals surface area (Å²) in [6, 6.07) is 36.7. The van der Waals surface area contributed by atoms with E-state index in [0.717, 1.165) is 0 Å². The van der Waals surface area contributed by atoms with Crippen LogP contribution in [-0.4, -0.2) is 23.8 Å². The van der Waals surface area contributed by atoms with Gasteiger partial charge in [0.1, 0.15) is 11.5 Å². The van der Waals surface area contributed by atoms with Gasteiger partial charge in [-0.05, 0) is 66.7 Å². The van der Waals surface area contributed by atoms with E-state index in [1.165, 1.54) is 30.3 Å². The van der Waals surface area contributed by atoms with Gasteiger partial charge in [-0.25, -0.2) is 9.59 Å². The average Bonchev–Trinajstić information content (AvgIpc) is 3.02. The fraction of sp³-hybridized carbons (Fsp3) is 0. The van der Waals surface area contributed by atoms with Crippen LogP contribution in [0.5, 0.6) is 11.5 Å². The van der Waals surface area contributed by atoms with Gasteiger partial charge >= 0.3 is 12.2 Å². The van der Waals surface area contributed by atoms with Crippen molar-refractivity contribution in [1.82, 2.24) is 0 Å². The molecule has 5 aromatic carbocycles. The number of carbonyl (C=O) groups is 4. The zero-order valence-electron chi connectivity index (χ0n) is 22.2. The first-order valence-corrected chi connectivity index (χ1v) is 12.9. The molecule has 0 aliphatic heterocycles. The molecule has 5 aromatic rings. The molecule has 8 heteroatoms. The van der Waals surface area contributed by atoms with Gasteiger partial charge in [0.25, 0.3) is 0 Å². The summed E-state index contributed by atoms with van der Waals surface area (Å²) in [5, 5.41) is 5.19. The third-order valence-corrected chi connectivity index (χ3v) is 6.08. The molecular formula is C34H24N2O6. The second-order valence-corrected chi connectivity index (χ2v) is 9.05. The highest BCUT2D eigenvalue weighted by Crippen LogP contribution is 2.20. The molecule has 0 radical (unpaired) electrons. The standard InChI is InChI=1S/C34H24N2O6/c37-31(23-8-3-1-4-9-23)25-14-18-29(19-15-25)41-33(39)35-27-12-7-13-28(22-27)36-34(40)42-30-20-16-26(17-21-30)32(38)24-10-5-2-6-11-24/h1-22H,(H,35,39)(H,36,40). The predicted molar refractivity (Wildman–Crippen MR) is 158 cm³/mol. The summed E-state index contributed by atoms with van der Waals surface area (Å²) in [6.45, 7) is 0. The van der Waals surface area contributed by atoms with Crippen LogP contribution in [0.1, 0.15) is 31.8 Å². The van der Waals surface area contributed by atoms with Crippen molar-refractivity contribution in [1.29, 1.82) is 0 Å². The van der Waals surface area contributed by atoms with Crippen LogP contribution in [0, 0.1) is 0 Å². The molecule has 2 amide bonds. The number of nitrogens with one attached hydrogen (secondary N) is 2. The van der Waals surface area contributed by atoms with Gasteiger partial charge in [0.05, 0.1) is 0 Å². The molecule has 8 nitrogen and oxygen atoms in total. The maximum Gasteiger partial charge on any atom is 0.417 e. The lowest BCUT2D eigenvalue weighted by atomic mass is 10.0. The Morgan fingerprint density at radius 1 is 0.405 bits per heavy atom. The van der Waals surface area contributed by atoms with Gasteiger partial charge in [0, 0.05) is 33.6 Å². The van der Waals surface area contributed by atoms with Crippen LogP contribution >= 0.6 is 0 Å². The maximum atomic E-state index is 12.5. The minimum Gasteiger partial charge on any atom is -0.410 e. The summed E-state index contributed by atoms with van der Waals surface area (Å²) < 4.78 is 10.6. The van der Waals surface area contributed by atoms with Crippen molar-refractivity contribution in [3.63, 3.8) is 0 Å². The molecule has 0 saturated heterocycles. The molecule has 0 bridgehead atoms. The molecule has 0 aliphatic carbocycles. The zero-order valence-corrected chi connectivity index (χ0v) is 22.2. The molecule has 0 heterocycles. The van der Waals surface area contributed by atoms with E-state index in [1.807, 2.05) is 12.1 Å². The summed E-state index contributed by atoms with van der Waals surface area (Å²) in [5.74, 6) is 0.243. The molecule has 0 fully saturated rings. The van der Waals surface area contributed by atoms with Crippen molar-refractivity contribution in [3.8, 4) is 11.5 Å². The molecule has 206 valence electrons. The number of hydrogen-bond donors (Lipinski definition) is 2. The first-order valence-electron chi connectivity index (χ1n) is 12.9. The van der Waals surface area contributed by atoms with E-state index in [-0.39, 0.29) is 23.1 Å². The van der Waals surface area contributed by atoms with Crippen LogP contribution in [0.2, 0.25) is 0 Å². The third kappa shape index (κ3) is 7.13. The van der Waals surface area contributed by atoms with Crippen LogP contribution in [-0.2, 0) is 0 Å². The highest BCUT2D eigenvalue weighted by Gasteiger charge is 2.12. The van der Waals surface area contributed by atoms with Crippen LogP contribution in [0.3, 0.4) is 0 Å². The lowest BCUT2D eigenvalue weighted by Gasteiger charge is -2.10. The highest BCUT2D eigenvalue weighted by atomic mass is 16.6. The molecule has 0 unspecified atom stereocenters. The van der Waals surface area contributed by atoms with Gasteiger partial charge in [-0.2, -0.15) is 0 Å². The quantitative estimate of drug-likeness (QED) is 0.193. The Morgan fingerprint density at radius 3 is 1.14 bits per heavy atom. The Balaban J connectivity index is 1.13. The minimum absolute atomic E-state index is 0.135. The summed E-state index contributed by atoms with van der Waals surface area (Å²) in [6.07, 6.45) is -1.50. The smallest absolute Gasteiger partial charge is 0.410 e. The first-order chi connectivity index (χ1) is 20.4. The van der Waals surface area contributed by atoms with E-state index < -0.39 is 12.2 Å². The number of ether oxygens (including phenoxy) is 2. The molecule has 0 atom stereocenters.